The number of rotatable bonds is 3. The summed E-state index contributed by atoms with van der Waals surface area (Å²) in [6.07, 6.45) is 10.4. The summed E-state index contributed by atoms with van der Waals surface area (Å²) in [5, 5.41) is 3.73. The zero-order valence-corrected chi connectivity index (χ0v) is 13.4. The standard InChI is InChI=1S/C17H32N2O/c1-3-14-13-19(15(4-2)12-18-14)16-7-10-20-17(11-16)8-5-6-9-17/h14-16,18H,3-13H2,1-2H3. The van der Waals surface area contributed by atoms with Crippen molar-refractivity contribution in [3.8, 4) is 0 Å². The van der Waals surface area contributed by atoms with Crippen LogP contribution in [-0.4, -0.2) is 48.3 Å². The van der Waals surface area contributed by atoms with Crippen molar-refractivity contribution in [2.75, 3.05) is 19.7 Å². The van der Waals surface area contributed by atoms with E-state index in [-0.39, 0.29) is 5.60 Å². The first-order valence-corrected chi connectivity index (χ1v) is 8.89. The quantitative estimate of drug-likeness (QED) is 0.860. The highest BCUT2D eigenvalue weighted by Crippen LogP contribution is 2.41. The van der Waals surface area contributed by atoms with E-state index < -0.39 is 0 Å². The van der Waals surface area contributed by atoms with E-state index in [1.807, 2.05) is 0 Å². The predicted octanol–water partition coefficient (Wildman–Crippen LogP) is 2.94. The summed E-state index contributed by atoms with van der Waals surface area (Å²) in [5.41, 5.74) is 0.258. The molecule has 3 nitrogen and oxygen atoms in total. The van der Waals surface area contributed by atoms with Gasteiger partial charge in [0.25, 0.3) is 0 Å². The highest BCUT2D eigenvalue weighted by molar-refractivity contribution is 4.97. The summed E-state index contributed by atoms with van der Waals surface area (Å²) in [6, 6.07) is 2.20. The number of nitrogens with zero attached hydrogens (tertiary/aromatic N) is 1. The number of nitrogens with one attached hydrogen (secondary N) is 1. The maximum atomic E-state index is 6.23. The number of piperazine rings is 1. The van der Waals surface area contributed by atoms with Crippen molar-refractivity contribution in [1.29, 1.82) is 0 Å². The molecule has 3 aliphatic rings. The molecule has 3 fully saturated rings. The zero-order chi connectivity index (χ0) is 14.0. The molecule has 1 N–H and O–H groups in total. The molecule has 1 saturated carbocycles. The second-order valence-corrected chi connectivity index (χ2v) is 7.16. The van der Waals surface area contributed by atoms with Gasteiger partial charge >= 0.3 is 0 Å². The molecule has 116 valence electrons. The molecule has 2 saturated heterocycles. The third kappa shape index (κ3) is 2.90. The predicted molar refractivity (Wildman–Crippen MR) is 83.0 cm³/mol. The van der Waals surface area contributed by atoms with Crippen molar-refractivity contribution in [2.24, 2.45) is 0 Å². The molecule has 3 heteroatoms. The number of ether oxygens (including phenoxy) is 1. The molecule has 1 aliphatic carbocycles. The average molecular weight is 280 g/mol. The monoisotopic (exact) mass is 280 g/mol. The molecule has 0 aromatic carbocycles. The Morgan fingerprint density at radius 2 is 2.00 bits per heavy atom. The van der Waals surface area contributed by atoms with Crippen LogP contribution >= 0.6 is 0 Å². The third-order valence-corrected chi connectivity index (χ3v) is 5.96. The molecule has 1 spiro atoms. The van der Waals surface area contributed by atoms with E-state index in [1.54, 1.807) is 0 Å². The van der Waals surface area contributed by atoms with E-state index in [0.29, 0.717) is 6.04 Å². The Bertz CT molecular complexity index is 314. The Labute approximate surface area is 124 Å². The Kier molecular flexibility index (Phi) is 4.68. The van der Waals surface area contributed by atoms with Gasteiger partial charge in [-0.2, -0.15) is 0 Å². The van der Waals surface area contributed by atoms with Gasteiger partial charge in [-0.15, -0.1) is 0 Å². The molecular weight excluding hydrogens is 248 g/mol. The fourth-order valence-electron chi connectivity index (χ4n) is 4.64. The molecule has 3 unspecified atom stereocenters. The van der Waals surface area contributed by atoms with Crippen molar-refractivity contribution in [3.05, 3.63) is 0 Å². The average Bonchev–Trinajstić information content (AvgIpc) is 2.94. The summed E-state index contributed by atoms with van der Waals surface area (Å²) in [4.78, 5) is 2.84. The van der Waals surface area contributed by atoms with Crippen LogP contribution in [0.4, 0.5) is 0 Å². The van der Waals surface area contributed by atoms with Crippen molar-refractivity contribution in [3.63, 3.8) is 0 Å². The number of hydrogen-bond donors (Lipinski definition) is 1. The fraction of sp³-hybridized carbons (Fsp3) is 1.00. The lowest BCUT2D eigenvalue weighted by Gasteiger charge is -2.49. The molecular formula is C17H32N2O. The van der Waals surface area contributed by atoms with Gasteiger partial charge in [-0.05, 0) is 38.5 Å². The van der Waals surface area contributed by atoms with Crippen LogP contribution in [0.2, 0.25) is 0 Å². The maximum absolute atomic E-state index is 6.23. The van der Waals surface area contributed by atoms with E-state index in [4.69, 9.17) is 4.74 Å². The first-order valence-electron chi connectivity index (χ1n) is 8.89. The van der Waals surface area contributed by atoms with Gasteiger partial charge in [-0.1, -0.05) is 26.7 Å². The first kappa shape index (κ1) is 14.8. The number of hydrogen-bond acceptors (Lipinski definition) is 3. The fourth-order valence-corrected chi connectivity index (χ4v) is 4.64. The van der Waals surface area contributed by atoms with Gasteiger partial charge in [0.2, 0.25) is 0 Å². The van der Waals surface area contributed by atoms with Crippen LogP contribution in [0.5, 0.6) is 0 Å². The van der Waals surface area contributed by atoms with Crippen molar-refractivity contribution in [1.82, 2.24) is 10.2 Å². The molecule has 0 aromatic rings. The molecule has 0 radical (unpaired) electrons. The van der Waals surface area contributed by atoms with E-state index in [0.717, 1.165) is 18.7 Å². The Balaban J connectivity index is 1.68. The second-order valence-electron chi connectivity index (χ2n) is 7.16. The summed E-state index contributed by atoms with van der Waals surface area (Å²) < 4.78 is 6.23. The highest BCUT2D eigenvalue weighted by atomic mass is 16.5. The molecule has 0 aromatic heterocycles. The maximum Gasteiger partial charge on any atom is 0.0697 e. The minimum atomic E-state index is 0.258. The minimum Gasteiger partial charge on any atom is -0.375 e. The van der Waals surface area contributed by atoms with Gasteiger partial charge in [0.05, 0.1) is 5.60 Å². The van der Waals surface area contributed by atoms with Crippen molar-refractivity contribution >= 4 is 0 Å². The van der Waals surface area contributed by atoms with Gasteiger partial charge in [0.15, 0.2) is 0 Å². The molecule has 0 bridgehead atoms. The molecule has 0 amide bonds. The molecule has 3 atom stereocenters. The second kappa shape index (κ2) is 6.33. The van der Waals surface area contributed by atoms with Crippen LogP contribution in [0, 0.1) is 0 Å². The van der Waals surface area contributed by atoms with E-state index >= 15 is 0 Å². The molecule has 2 aliphatic heterocycles. The Hall–Kier alpha value is -0.120. The van der Waals surface area contributed by atoms with Gasteiger partial charge in [0.1, 0.15) is 0 Å². The van der Waals surface area contributed by atoms with Gasteiger partial charge in [-0.25, -0.2) is 0 Å². The Morgan fingerprint density at radius 1 is 1.20 bits per heavy atom. The van der Waals surface area contributed by atoms with Crippen molar-refractivity contribution in [2.45, 2.75) is 88.9 Å². The van der Waals surface area contributed by atoms with Crippen molar-refractivity contribution < 1.29 is 4.74 Å². The van der Waals surface area contributed by atoms with Gasteiger partial charge < -0.3 is 10.1 Å². The van der Waals surface area contributed by atoms with Crippen LogP contribution in [0.1, 0.15) is 65.2 Å². The summed E-state index contributed by atoms with van der Waals surface area (Å²) in [7, 11) is 0. The summed E-state index contributed by atoms with van der Waals surface area (Å²) in [6.45, 7) is 8.07. The van der Waals surface area contributed by atoms with Crippen LogP contribution < -0.4 is 5.32 Å². The summed E-state index contributed by atoms with van der Waals surface area (Å²) in [5.74, 6) is 0. The van der Waals surface area contributed by atoms with Gasteiger partial charge in [-0.3, -0.25) is 4.90 Å². The lowest BCUT2D eigenvalue weighted by Crippen LogP contribution is -2.61. The van der Waals surface area contributed by atoms with Crippen LogP contribution in [0.25, 0.3) is 0 Å². The summed E-state index contributed by atoms with van der Waals surface area (Å²) >= 11 is 0. The third-order valence-electron chi connectivity index (χ3n) is 5.96. The topological polar surface area (TPSA) is 24.5 Å². The first-order chi connectivity index (χ1) is 9.76. The van der Waals surface area contributed by atoms with Crippen LogP contribution in [-0.2, 0) is 4.74 Å². The zero-order valence-electron chi connectivity index (χ0n) is 13.4. The minimum absolute atomic E-state index is 0.258. The lowest BCUT2D eigenvalue weighted by molar-refractivity contribution is -0.111. The lowest BCUT2D eigenvalue weighted by atomic mass is 9.86. The van der Waals surface area contributed by atoms with Crippen LogP contribution in [0.3, 0.4) is 0 Å². The van der Waals surface area contributed by atoms with Gasteiger partial charge in [0, 0.05) is 37.8 Å². The molecule has 20 heavy (non-hydrogen) atoms. The van der Waals surface area contributed by atoms with E-state index in [2.05, 4.69) is 24.1 Å². The van der Waals surface area contributed by atoms with E-state index in [1.165, 1.54) is 64.5 Å². The van der Waals surface area contributed by atoms with E-state index in [9.17, 15) is 0 Å². The normalized spacial score (nSPS) is 38.4. The smallest absolute Gasteiger partial charge is 0.0697 e. The largest absolute Gasteiger partial charge is 0.375 e. The van der Waals surface area contributed by atoms with Crippen LogP contribution in [0.15, 0.2) is 0 Å². The Morgan fingerprint density at radius 3 is 2.70 bits per heavy atom. The molecule has 2 heterocycles. The highest BCUT2D eigenvalue weighted by Gasteiger charge is 2.43. The molecule has 3 rings (SSSR count). The SMILES string of the molecule is CCC1CN(C2CCOC3(CCCC3)C2)C(CC)CN1.